The predicted molar refractivity (Wildman–Crippen MR) is 111 cm³/mol. The number of amides is 2. The summed E-state index contributed by atoms with van der Waals surface area (Å²) in [5, 5.41) is 3.34. The lowest BCUT2D eigenvalue weighted by molar-refractivity contribution is -0.117. The highest BCUT2D eigenvalue weighted by Gasteiger charge is 2.20. The van der Waals surface area contributed by atoms with Crippen LogP contribution < -0.4 is 5.32 Å². The maximum Gasteiger partial charge on any atom is 0.254 e. The molecule has 2 amide bonds. The highest BCUT2D eigenvalue weighted by Crippen LogP contribution is 2.17. The van der Waals surface area contributed by atoms with Gasteiger partial charge in [0.1, 0.15) is 6.54 Å². The van der Waals surface area contributed by atoms with Gasteiger partial charge in [0.15, 0.2) is 5.13 Å². The van der Waals surface area contributed by atoms with Crippen molar-refractivity contribution in [1.82, 2.24) is 9.88 Å². The molecule has 0 spiro atoms. The first-order valence-corrected chi connectivity index (χ1v) is 10.3. The molecule has 27 heavy (non-hydrogen) atoms. The first-order valence-electron chi connectivity index (χ1n) is 9.49. The molecule has 0 bridgehead atoms. The molecule has 1 N–H and O–H groups in total. The summed E-state index contributed by atoms with van der Waals surface area (Å²) in [5.74, 6) is -0.0678. The van der Waals surface area contributed by atoms with Crippen molar-refractivity contribution in [1.29, 1.82) is 0 Å². The van der Waals surface area contributed by atoms with E-state index in [-0.39, 0.29) is 24.3 Å². The average Bonchev–Trinajstić information content (AvgIpc) is 3.03. The lowest BCUT2D eigenvalue weighted by Crippen LogP contribution is -2.40. The molecule has 0 saturated carbocycles. The molecule has 0 aliphatic rings. The van der Waals surface area contributed by atoms with Crippen molar-refractivity contribution in [2.24, 2.45) is 5.92 Å². The Kier molecular flexibility index (Phi) is 7.98. The standard InChI is InChI=1S/C21H29N3O2S/c1-5-6-7-17-8-10-18(11-9-17)20(26)24(13-15(2)3)14-19(25)23-21-22-12-16(4)27-21/h8-12,15H,5-7,13-14H2,1-4H3,(H,22,23,25). The van der Waals surface area contributed by atoms with E-state index in [0.717, 1.165) is 24.1 Å². The zero-order chi connectivity index (χ0) is 19.8. The summed E-state index contributed by atoms with van der Waals surface area (Å²) < 4.78 is 0. The second-order valence-corrected chi connectivity index (χ2v) is 8.44. The zero-order valence-corrected chi connectivity index (χ0v) is 17.4. The molecule has 1 aromatic heterocycles. The quantitative estimate of drug-likeness (QED) is 0.687. The largest absolute Gasteiger partial charge is 0.329 e. The summed E-state index contributed by atoms with van der Waals surface area (Å²) >= 11 is 1.42. The Morgan fingerprint density at radius 1 is 1.22 bits per heavy atom. The molecular weight excluding hydrogens is 358 g/mol. The van der Waals surface area contributed by atoms with E-state index in [4.69, 9.17) is 0 Å². The van der Waals surface area contributed by atoms with E-state index in [1.54, 1.807) is 11.1 Å². The number of aromatic nitrogens is 1. The van der Waals surface area contributed by atoms with E-state index < -0.39 is 0 Å². The lowest BCUT2D eigenvalue weighted by atomic mass is 10.1. The number of thiazole rings is 1. The fourth-order valence-corrected chi connectivity index (χ4v) is 3.46. The van der Waals surface area contributed by atoms with E-state index in [9.17, 15) is 9.59 Å². The molecule has 6 heteroatoms. The number of carbonyl (C=O) groups is 2. The minimum absolute atomic E-state index is 0.0211. The van der Waals surface area contributed by atoms with Gasteiger partial charge in [-0.25, -0.2) is 4.98 Å². The molecule has 2 aromatic rings. The van der Waals surface area contributed by atoms with Gasteiger partial charge in [-0.1, -0.05) is 39.3 Å². The fraction of sp³-hybridized carbons (Fsp3) is 0.476. The fourth-order valence-electron chi connectivity index (χ4n) is 2.78. The topological polar surface area (TPSA) is 62.3 Å². The van der Waals surface area contributed by atoms with E-state index >= 15 is 0 Å². The Morgan fingerprint density at radius 2 is 1.93 bits per heavy atom. The second-order valence-electron chi connectivity index (χ2n) is 7.20. The van der Waals surface area contributed by atoms with Crippen LogP contribution in [-0.4, -0.2) is 34.8 Å². The van der Waals surface area contributed by atoms with Crippen molar-refractivity contribution in [3.63, 3.8) is 0 Å². The van der Waals surface area contributed by atoms with Crippen molar-refractivity contribution in [2.45, 2.75) is 47.0 Å². The van der Waals surface area contributed by atoms with E-state index in [1.165, 1.54) is 16.9 Å². The molecule has 146 valence electrons. The summed E-state index contributed by atoms with van der Waals surface area (Å²) in [6.45, 7) is 8.73. The number of nitrogens with zero attached hydrogens (tertiary/aromatic N) is 2. The van der Waals surface area contributed by atoms with Crippen molar-refractivity contribution < 1.29 is 9.59 Å². The minimum atomic E-state index is -0.224. The highest BCUT2D eigenvalue weighted by molar-refractivity contribution is 7.15. The lowest BCUT2D eigenvalue weighted by Gasteiger charge is -2.24. The summed E-state index contributed by atoms with van der Waals surface area (Å²) in [4.78, 5) is 32.1. The SMILES string of the molecule is CCCCc1ccc(C(=O)N(CC(=O)Nc2ncc(C)s2)CC(C)C)cc1. The molecular formula is C21H29N3O2S. The Labute approximate surface area is 165 Å². The van der Waals surface area contributed by atoms with Gasteiger partial charge in [0.05, 0.1) is 0 Å². The smallest absolute Gasteiger partial charge is 0.254 e. The Hall–Kier alpha value is -2.21. The molecule has 2 rings (SSSR count). The number of nitrogens with one attached hydrogen (secondary N) is 1. The molecule has 0 atom stereocenters. The summed E-state index contributed by atoms with van der Waals surface area (Å²) in [6, 6.07) is 7.75. The third kappa shape index (κ3) is 6.79. The molecule has 0 fully saturated rings. The van der Waals surface area contributed by atoms with Crippen LogP contribution in [-0.2, 0) is 11.2 Å². The third-order valence-electron chi connectivity index (χ3n) is 4.09. The first-order chi connectivity index (χ1) is 12.9. The molecule has 0 aliphatic carbocycles. The van der Waals surface area contributed by atoms with Crippen LogP contribution in [0.25, 0.3) is 0 Å². The Balaban J connectivity index is 2.05. The van der Waals surface area contributed by atoms with Crippen molar-refractivity contribution in [3.8, 4) is 0 Å². The monoisotopic (exact) mass is 387 g/mol. The highest BCUT2D eigenvalue weighted by atomic mass is 32.1. The van der Waals surface area contributed by atoms with Gasteiger partial charge in [0.25, 0.3) is 5.91 Å². The van der Waals surface area contributed by atoms with Gasteiger partial charge in [-0.05, 0) is 43.4 Å². The van der Waals surface area contributed by atoms with E-state index in [2.05, 4.69) is 17.2 Å². The summed E-state index contributed by atoms with van der Waals surface area (Å²) in [7, 11) is 0. The normalized spacial score (nSPS) is 10.9. The zero-order valence-electron chi connectivity index (χ0n) is 16.6. The van der Waals surface area contributed by atoms with Gasteiger partial charge in [0, 0.05) is 23.2 Å². The molecule has 1 aromatic carbocycles. The van der Waals surface area contributed by atoms with Crippen LogP contribution in [0.1, 0.15) is 54.4 Å². The Bertz CT molecular complexity index is 753. The Morgan fingerprint density at radius 3 is 2.48 bits per heavy atom. The average molecular weight is 388 g/mol. The molecule has 5 nitrogen and oxygen atoms in total. The van der Waals surface area contributed by atoms with Crippen LogP contribution in [0.5, 0.6) is 0 Å². The van der Waals surface area contributed by atoms with Crippen molar-refractivity contribution >= 4 is 28.3 Å². The molecule has 1 heterocycles. The number of hydrogen-bond acceptors (Lipinski definition) is 4. The molecule has 0 aliphatic heterocycles. The van der Waals surface area contributed by atoms with Crippen LogP contribution in [0.4, 0.5) is 5.13 Å². The maximum absolute atomic E-state index is 12.9. The molecule has 0 unspecified atom stereocenters. The van der Waals surface area contributed by atoms with Gasteiger partial charge in [0.2, 0.25) is 5.91 Å². The van der Waals surface area contributed by atoms with Crippen LogP contribution in [0.3, 0.4) is 0 Å². The number of unbranched alkanes of at least 4 members (excludes halogenated alkanes) is 1. The minimum Gasteiger partial charge on any atom is -0.329 e. The van der Waals surface area contributed by atoms with Gasteiger partial charge < -0.3 is 10.2 Å². The molecule has 0 radical (unpaired) electrons. The van der Waals surface area contributed by atoms with Crippen molar-refractivity contribution in [3.05, 3.63) is 46.5 Å². The second kappa shape index (κ2) is 10.2. The van der Waals surface area contributed by atoms with Gasteiger partial charge in [-0.15, -0.1) is 11.3 Å². The van der Waals surface area contributed by atoms with Crippen LogP contribution >= 0.6 is 11.3 Å². The molecule has 0 saturated heterocycles. The summed E-state index contributed by atoms with van der Waals surface area (Å²) in [6.07, 6.45) is 5.04. The number of anilines is 1. The van der Waals surface area contributed by atoms with Crippen LogP contribution in [0.15, 0.2) is 30.5 Å². The maximum atomic E-state index is 12.9. The van der Waals surface area contributed by atoms with Gasteiger partial charge in [-0.3, -0.25) is 9.59 Å². The predicted octanol–water partition coefficient (Wildman–Crippen LogP) is 4.53. The first kappa shape index (κ1) is 21.1. The van der Waals surface area contributed by atoms with Crippen LogP contribution in [0.2, 0.25) is 0 Å². The van der Waals surface area contributed by atoms with Crippen LogP contribution in [0, 0.1) is 12.8 Å². The third-order valence-corrected chi connectivity index (χ3v) is 4.92. The van der Waals surface area contributed by atoms with E-state index in [0.29, 0.717) is 17.2 Å². The van der Waals surface area contributed by atoms with Gasteiger partial charge in [-0.2, -0.15) is 0 Å². The van der Waals surface area contributed by atoms with Crippen molar-refractivity contribution in [2.75, 3.05) is 18.4 Å². The van der Waals surface area contributed by atoms with E-state index in [1.807, 2.05) is 45.0 Å². The van der Waals surface area contributed by atoms with Gasteiger partial charge >= 0.3 is 0 Å². The number of rotatable bonds is 9. The summed E-state index contributed by atoms with van der Waals surface area (Å²) in [5.41, 5.74) is 1.86. The number of benzene rings is 1. The number of aryl methyl sites for hydroxylation is 2. The number of carbonyl (C=O) groups excluding carboxylic acids is 2. The number of hydrogen-bond donors (Lipinski definition) is 1.